The van der Waals surface area contributed by atoms with Crippen LogP contribution >= 0.6 is 12.2 Å². The van der Waals surface area contributed by atoms with E-state index in [0.717, 1.165) is 0 Å². The molecule has 0 amide bonds. The predicted octanol–water partition coefficient (Wildman–Crippen LogP) is 2.30. The molecule has 2 heterocycles. The van der Waals surface area contributed by atoms with Gasteiger partial charge in [-0.25, -0.2) is 4.99 Å². The quantitative estimate of drug-likeness (QED) is 0.567. The summed E-state index contributed by atoms with van der Waals surface area (Å²) < 4.78 is 10.7. The number of methoxy groups -OCH3 is 1. The van der Waals surface area contributed by atoms with E-state index in [1.165, 1.54) is 25.7 Å². The lowest BCUT2D eigenvalue weighted by Gasteiger charge is -2.01. The minimum Gasteiger partial charge on any atom is -0.497 e. The number of ether oxygens (including phenoxy) is 1. The van der Waals surface area contributed by atoms with Crippen LogP contribution in [-0.2, 0) is 0 Å². The molecule has 0 aliphatic carbocycles. The van der Waals surface area contributed by atoms with Gasteiger partial charge in [-0.15, -0.1) is 0 Å². The van der Waals surface area contributed by atoms with E-state index in [4.69, 9.17) is 21.4 Å². The van der Waals surface area contributed by atoms with Crippen LogP contribution in [0.25, 0.3) is 11.0 Å². The van der Waals surface area contributed by atoms with Crippen molar-refractivity contribution in [2.75, 3.05) is 7.11 Å². The molecule has 2 aromatic heterocycles. The highest BCUT2D eigenvalue weighted by molar-refractivity contribution is 7.71. The molecule has 0 saturated heterocycles. The van der Waals surface area contributed by atoms with Crippen LogP contribution in [0.5, 0.6) is 5.75 Å². The van der Waals surface area contributed by atoms with Gasteiger partial charge in [0.1, 0.15) is 23.4 Å². The number of benzene rings is 1. The molecule has 0 fully saturated rings. The Morgan fingerprint density at radius 3 is 2.83 bits per heavy atom. The zero-order valence-electron chi connectivity index (χ0n) is 12.0. The van der Waals surface area contributed by atoms with Crippen molar-refractivity contribution in [1.29, 1.82) is 0 Å². The summed E-state index contributed by atoms with van der Waals surface area (Å²) in [6.07, 6.45) is 2.62. The molecular formula is C15H11N3O4S. The lowest BCUT2D eigenvalue weighted by Crippen LogP contribution is -2.08. The highest BCUT2D eigenvalue weighted by Gasteiger charge is 2.06. The summed E-state index contributed by atoms with van der Waals surface area (Å²) in [6.45, 7) is 0. The number of aromatic nitrogens is 2. The third-order valence-electron chi connectivity index (χ3n) is 3.10. The zero-order valence-corrected chi connectivity index (χ0v) is 12.8. The maximum atomic E-state index is 12.4. The Hall–Kier alpha value is -3.00. The summed E-state index contributed by atoms with van der Waals surface area (Å²) in [4.78, 5) is 32.9. The number of hydrogen-bond acceptors (Lipinski definition) is 6. The molecular weight excluding hydrogens is 318 g/mol. The summed E-state index contributed by atoms with van der Waals surface area (Å²) in [7, 11) is 1.53. The van der Waals surface area contributed by atoms with Crippen LogP contribution < -0.4 is 15.7 Å². The molecule has 7 nitrogen and oxygen atoms in total. The van der Waals surface area contributed by atoms with Crippen molar-refractivity contribution in [2.45, 2.75) is 0 Å². The van der Waals surface area contributed by atoms with Gasteiger partial charge in [0.2, 0.25) is 5.43 Å². The average molecular weight is 329 g/mol. The van der Waals surface area contributed by atoms with Crippen molar-refractivity contribution in [2.24, 2.45) is 4.99 Å². The molecule has 8 heteroatoms. The number of rotatable bonds is 3. The topological polar surface area (TPSA) is 100 Å². The predicted molar refractivity (Wildman–Crippen MR) is 88.5 cm³/mol. The fourth-order valence-electron chi connectivity index (χ4n) is 2.00. The van der Waals surface area contributed by atoms with Gasteiger partial charge in [-0.2, -0.15) is 0 Å². The van der Waals surface area contributed by atoms with Gasteiger partial charge < -0.3 is 14.1 Å². The first kappa shape index (κ1) is 14.9. The van der Waals surface area contributed by atoms with Crippen molar-refractivity contribution in [1.82, 2.24) is 9.97 Å². The Kier molecular flexibility index (Phi) is 3.90. The first-order valence-corrected chi connectivity index (χ1v) is 6.95. The van der Waals surface area contributed by atoms with E-state index in [1.807, 2.05) is 0 Å². The van der Waals surface area contributed by atoms with Crippen molar-refractivity contribution in [3.8, 4) is 5.75 Å². The summed E-state index contributed by atoms with van der Waals surface area (Å²) in [6, 6.07) is 6.16. The van der Waals surface area contributed by atoms with Gasteiger partial charge in [-0.05, 0) is 24.4 Å². The molecule has 0 spiro atoms. The molecule has 0 aliphatic rings. The van der Waals surface area contributed by atoms with Gasteiger partial charge in [0.05, 0.1) is 18.1 Å². The van der Waals surface area contributed by atoms with Gasteiger partial charge in [-0.1, -0.05) is 0 Å². The first-order chi connectivity index (χ1) is 11.1. The van der Waals surface area contributed by atoms with Crippen LogP contribution in [0.2, 0.25) is 0 Å². The zero-order chi connectivity index (χ0) is 16.4. The van der Waals surface area contributed by atoms with Crippen LogP contribution in [0.4, 0.5) is 5.82 Å². The Bertz CT molecular complexity index is 1050. The van der Waals surface area contributed by atoms with E-state index >= 15 is 0 Å². The van der Waals surface area contributed by atoms with Crippen molar-refractivity contribution in [3.63, 3.8) is 0 Å². The van der Waals surface area contributed by atoms with Crippen LogP contribution in [0.3, 0.4) is 0 Å². The summed E-state index contributed by atoms with van der Waals surface area (Å²) in [5.41, 5.74) is 0.0592. The van der Waals surface area contributed by atoms with Gasteiger partial charge in [0.15, 0.2) is 4.77 Å². The molecule has 2 N–H and O–H groups in total. The lowest BCUT2D eigenvalue weighted by molar-refractivity contribution is 0.414. The van der Waals surface area contributed by atoms with E-state index < -0.39 is 0 Å². The van der Waals surface area contributed by atoms with Crippen molar-refractivity contribution >= 4 is 35.2 Å². The van der Waals surface area contributed by atoms with Gasteiger partial charge in [0.25, 0.3) is 5.56 Å². The standard InChI is InChI=1S/C15H11N3O4S/c1-21-9-2-3-10-11(4-9)22-7-8(14(10)20)6-16-12-5-13(19)18-15(23)17-12/h2-7H,1H3,(H2,17,18,19,23). The molecule has 3 aromatic rings. The average Bonchev–Trinajstić information content (AvgIpc) is 2.53. The van der Waals surface area contributed by atoms with Crippen LogP contribution in [0, 0.1) is 4.77 Å². The number of aliphatic imine (C=N–C) groups is 1. The molecule has 3 rings (SSSR count). The second-order valence-corrected chi connectivity index (χ2v) is 5.02. The first-order valence-electron chi connectivity index (χ1n) is 6.54. The smallest absolute Gasteiger partial charge is 0.253 e. The van der Waals surface area contributed by atoms with Crippen LogP contribution in [0.15, 0.2) is 49.5 Å². The molecule has 0 aliphatic heterocycles. The maximum absolute atomic E-state index is 12.4. The van der Waals surface area contributed by atoms with Gasteiger partial charge in [0, 0.05) is 18.3 Å². The molecule has 116 valence electrons. The van der Waals surface area contributed by atoms with E-state index in [9.17, 15) is 9.59 Å². The largest absolute Gasteiger partial charge is 0.497 e. The molecule has 0 unspecified atom stereocenters. The number of hydrogen-bond donors (Lipinski definition) is 2. The lowest BCUT2D eigenvalue weighted by atomic mass is 10.2. The van der Waals surface area contributed by atoms with E-state index in [-0.39, 0.29) is 27.1 Å². The number of aromatic amines is 2. The van der Waals surface area contributed by atoms with Crippen molar-refractivity contribution < 1.29 is 9.15 Å². The van der Waals surface area contributed by atoms with Crippen LogP contribution in [-0.4, -0.2) is 23.3 Å². The number of nitrogens with zero attached hydrogens (tertiary/aromatic N) is 1. The van der Waals surface area contributed by atoms with E-state index in [0.29, 0.717) is 16.7 Å². The number of nitrogens with one attached hydrogen (secondary N) is 2. The Morgan fingerprint density at radius 2 is 2.09 bits per heavy atom. The normalized spacial score (nSPS) is 11.2. The molecule has 1 aromatic carbocycles. The monoisotopic (exact) mass is 329 g/mol. The second-order valence-electron chi connectivity index (χ2n) is 4.61. The molecule has 0 bridgehead atoms. The van der Waals surface area contributed by atoms with E-state index in [2.05, 4.69) is 15.0 Å². The molecule has 23 heavy (non-hydrogen) atoms. The summed E-state index contributed by atoms with van der Waals surface area (Å²) in [5.74, 6) is 0.839. The Labute approximate surface area is 134 Å². The fraction of sp³-hybridized carbons (Fsp3) is 0.0667. The van der Waals surface area contributed by atoms with Gasteiger partial charge in [-0.3, -0.25) is 14.6 Å². The number of H-pyrrole nitrogens is 2. The third kappa shape index (κ3) is 3.11. The molecule has 0 saturated carbocycles. The number of fused-ring (bicyclic) bond motifs is 1. The molecule has 0 radical (unpaired) electrons. The second kappa shape index (κ2) is 6.01. The third-order valence-corrected chi connectivity index (χ3v) is 3.30. The highest BCUT2D eigenvalue weighted by Crippen LogP contribution is 2.18. The van der Waals surface area contributed by atoms with Crippen LogP contribution in [0.1, 0.15) is 5.56 Å². The summed E-state index contributed by atoms with van der Waals surface area (Å²) >= 11 is 4.85. The van der Waals surface area contributed by atoms with Gasteiger partial charge >= 0.3 is 0 Å². The minimum atomic E-state index is -0.376. The Morgan fingerprint density at radius 1 is 1.26 bits per heavy atom. The summed E-state index contributed by atoms with van der Waals surface area (Å²) in [5, 5.41) is 0.411. The van der Waals surface area contributed by atoms with E-state index in [1.54, 1.807) is 18.2 Å². The SMILES string of the molecule is COc1ccc2c(=O)c(C=Nc3cc(=O)[nH]c(=S)[nH]3)coc2c1. The molecule has 0 atom stereocenters. The fourth-order valence-corrected chi connectivity index (χ4v) is 2.21. The van der Waals surface area contributed by atoms with Crippen molar-refractivity contribution in [3.05, 3.63) is 61.4 Å². The Balaban J connectivity index is 2.05. The highest BCUT2D eigenvalue weighted by atomic mass is 32.1. The minimum absolute atomic E-state index is 0.155. The maximum Gasteiger partial charge on any atom is 0.253 e.